The molecule has 0 aromatic heterocycles. The van der Waals surface area contributed by atoms with E-state index >= 15 is 0 Å². The van der Waals surface area contributed by atoms with Crippen molar-refractivity contribution >= 4 is 13.7 Å². The normalized spacial score (nSPS) is 15.3. The van der Waals surface area contributed by atoms with Crippen molar-refractivity contribution in [1.82, 2.24) is 5.32 Å². The van der Waals surface area contributed by atoms with Gasteiger partial charge in [0.05, 0.1) is 39.9 Å². The molecule has 222 valence electrons. The molecule has 0 radical (unpaired) electrons. The molecule has 0 fully saturated rings. The molecule has 0 bridgehead atoms. The van der Waals surface area contributed by atoms with Gasteiger partial charge in [-0.1, -0.05) is 104 Å². The van der Waals surface area contributed by atoms with Crippen LogP contribution in [0.25, 0.3) is 0 Å². The van der Waals surface area contributed by atoms with E-state index < -0.39 is 20.0 Å². The summed E-state index contributed by atoms with van der Waals surface area (Å²) in [6.45, 7) is 4.76. The smallest absolute Gasteiger partial charge is 0.391 e. The number of hydrogen-bond acceptors (Lipinski definition) is 5. The number of quaternary nitrogens is 1. The number of hydrogen-bond donors (Lipinski definition) is 3. The zero-order chi connectivity index (χ0) is 28.0. The van der Waals surface area contributed by atoms with Crippen molar-refractivity contribution in [3.8, 4) is 0 Å². The summed E-state index contributed by atoms with van der Waals surface area (Å²) in [5.74, 6) is -0.155. The zero-order valence-corrected chi connectivity index (χ0v) is 25.6. The van der Waals surface area contributed by atoms with Gasteiger partial charge in [0, 0.05) is 6.42 Å². The van der Waals surface area contributed by atoms with Gasteiger partial charge < -0.3 is 19.8 Å². The molecule has 8 nitrogen and oxygen atoms in total. The highest BCUT2D eigenvalue weighted by molar-refractivity contribution is 7.47. The quantitative estimate of drug-likeness (QED) is 0.0658. The molecule has 37 heavy (non-hydrogen) atoms. The maximum Gasteiger partial charge on any atom is 0.472 e. The van der Waals surface area contributed by atoms with Crippen molar-refractivity contribution in [1.29, 1.82) is 0 Å². The summed E-state index contributed by atoms with van der Waals surface area (Å²) in [5, 5.41) is 13.6. The number of likely N-dealkylation sites (N-methyl/N-ethyl adjacent to an activating group) is 1. The van der Waals surface area contributed by atoms with Gasteiger partial charge in [-0.25, -0.2) is 4.57 Å². The van der Waals surface area contributed by atoms with Crippen molar-refractivity contribution in [2.45, 2.75) is 135 Å². The third-order valence-corrected chi connectivity index (χ3v) is 7.59. The fraction of sp³-hybridized carbons (Fsp3) is 0.964. The van der Waals surface area contributed by atoms with Crippen molar-refractivity contribution in [2.24, 2.45) is 0 Å². The molecule has 0 aromatic rings. The van der Waals surface area contributed by atoms with Gasteiger partial charge in [0.25, 0.3) is 0 Å². The lowest BCUT2D eigenvalue weighted by molar-refractivity contribution is -0.870. The maximum atomic E-state index is 12.6. The highest BCUT2D eigenvalue weighted by Crippen LogP contribution is 2.43. The number of nitrogens with zero attached hydrogens (tertiary/aromatic N) is 1. The molecule has 3 N–H and O–H groups in total. The monoisotopic (exact) mass is 551 g/mol. The molecular formula is C28H60N2O6P+. The second-order valence-corrected chi connectivity index (χ2v) is 12.9. The summed E-state index contributed by atoms with van der Waals surface area (Å²) >= 11 is 0. The summed E-state index contributed by atoms with van der Waals surface area (Å²) in [6, 6.07) is -0.746. The molecule has 0 heterocycles. The van der Waals surface area contributed by atoms with E-state index in [-0.39, 0.29) is 19.1 Å². The van der Waals surface area contributed by atoms with E-state index in [0.29, 0.717) is 23.9 Å². The van der Waals surface area contributed by atoms with Crippen molar-refractivity contribution in [3.63, 3.8) is 0 Å². The van der Waals surface area contributed by atoms with E-state index in [1.54, 1.807) is 0 Å². The highest BCUT2D eigenvalue weighted by Gasteiger charge is 2.28. The standard InChI is InChI=1S/C28H59N2O6P/c1-6-8-10-12-14-15-16-18-20-22-28(32)29-26(27(31)21-19-17-13-11-9-7-2)25-36-37(33,34)35-24-23-30(3,4)5/h26-27,31H,6-25H2,1-5H3,(H-,29,32,33,34)/p+1. The first kappa shape index (κ1) is 36.5. The van der Waals surface area contributed by atoms with Gasteiger partial charge in [-0.05, 0) is 12.8 Å². The number of carbonyl (C=O) groups excluding carboxylic acids is 1. The lowest BCUT2D eigenvalue weighted by atomic mass is 10.0. The zero-order valence-electron chi connectivity index (χ0n) is 24.7. The third kappa shape index (κ3) is 24.3. The van der Waals surface area contributed by atoms with E-state index in [1.807, 2.05) is 21.1 Å². The molecule has 3 unspecified atom stereocenters. The predicted molar refractivity (Wildman–Crippen MR) is 152 cm³/mol. The van der Waals surface area contributed by atoms with Gasteiger partial charge in [-0.15, -0.1) is 0 Å². The topological polar surface area (TPSA) is 105 Å². The highest BCUT2D eigenvalue weighted by atomic mass is 31.2. The first-order valence-corrected chi connectivity index (χ1v) is 16.4. The van der Waals surface area contributed by atoms with Gasteiger partial charge in [0.2, 0.25) is 5.91 Å². The van der Waals surface area contributed by atoms with Crippen LogP contribution in [0.4, 0.5) is 0 Å². The fourth-order valence-corrected chi connectivity index (χ4v) is 4.84. The number of phosphoric ester groups is 1. The first-order valence-electron chi connectivity index (χ1n) is 14.9. The van der Waals surface area contributed by atoms with Crippen molar-refractivity contribution < 1.29 is 32.9 Å². The molecule has 9 heteroatoms. The summed E-state index contributed by atoms with van der Waals surface area (Å²) < 4.78 is 23.2. The molecule has 1 amide bonds. The minimum absolute atomic E-state index is 0.0766. The number of nitrogens with one attached hydrogen (secondary N) is 1. The third-order valence-electron chi connectivity index (χ3n) is 6.61. The van der Waals surface area contributed by atoms with E-state index in [0.717, 1.165) is 38.5 Å². The molecule has 0 rings (SSSR count). The minimum atomic E-state index is -4.28. The summed E-state index contributed by atoms with van der Waals surface area (Å²) in [4.78, 5) is 22.7. The molecule has 0 aromatic carbocycles. The van der Waals surface area contributed by atoms with Gasteiger partial charge in [0.15, 0.2) is 0 Å². The average molecular weight is 552 g/mol. The van der Waals surface area contributed by atoms with Gasteiger partial charge in [-0.2, -0.15) is 0 Å². The molecule has 0 spiro atoms. The maximum absolute atomic E-state index is 12.6. The van der Waals surface area contributed by atoms with Crippen LogP contribution in [0.2, 0.25) is 0 Å². The number of unbranched alkanes of at least 4 members (excludes halogenated alkanes) is 13. The van der Waals surface area contributed by atoms with Crippen LogP contribution in [-0.4, -0.2) is 73.4 Å². The van der Waals surface area contributed by atoms with Crippen LogP contribution in [0, 0.1) is 0 Å². The molecule has 0 saturated carbocycles. The number of aliphatic hydroxyl groups is 1. The van der Waals surface area contributed by atoms with Crippen LogP contribution in [0.3, 0.4) is 0 Å². The Morgan fingerprint density at radius 2 is 1.30 bits per heavy atom. The van der Waals surface area contributed by atoms with E-state index in [4.69, 9.17) is 9.05 Å². The summed E-state index contributed by atoms with van der Waals surface area (Å²) in [5.41, 5.74) is 0. The first-order chi connectivity index (χ1) is 17.5. The SMILES string of the molecule is CCCCCCCCCCCC(=O)NC(COP(=O)(O)OCC[N+](C)(C)C)C(O)CCCCCCCC. The van der Waals surface area contributed by atoms with Gasteiger partial charge >= 0.3 is 7.82 Å². The Kier molecular flexibility index (Phi) is 22.0. The molecule has 3 atom stereocenters. The Labute approximate surface area is 228 Å². The molecule has 0 aliphatic carbocycles. The molecule has 0 saturated heterocycles. The number of amides is 1. The lowest BCUT2D eigenvalue weighted by Gasteiger charge is -2.26. The van der Waals surface area contributed by atoms with Crippen molar-refractivity contribution in [2.75, 3.05) is 40.9 Å². The second kappa shape index (κ2) is 22.3. The molecule has 0 aliphatic rings. The Morgan fingerprint density at radius 3 is 1.81 bits per heavy atom. The van der Waals surface area contributed by atoms with Crippen LogP contribution in [0.1, 0.15) is 123 Å². The van der Waals surface area contributed by atoms with Gasteiger partial charge in [0.1, 0.15) is 13.2 Å². The summed E-state index contributed by atoms with van der Waals surface area (Å²) in [6.07, 6.45) is 17.2. The number of carbonyl (C=O) groups is 1. The largest absolute Gasteiger partial charge is 0.472 e. The van der Waals surface area contributed by atoms with Crippen LogP contribution >= 0.6 is 7.82 Å². The van der Waals surface area contributed by atoms with E-state index in [2.05, 4.69) is 19.2 Å². The van der Waals surface area contributed by atoms with Crippen LogP contribution < -0.4 is 5.32 Å². The predicted octanol–water partition coefficient (Wildman–Crippen LogP) is 6.34. The van der Waals surface area contributed by atoms with E-state index in [9.17, 15) is 19.4 Å². The Hall–Kier alpha value is -0.500. The minimum Gasteiger partial charge on any atom is -0.391 e. The Balaban J connectivity index is 4.57. The van der Waals surface area contributed by atoms with Crippen molar-refractivity contribution in [3.05, 3.63) is 0 Å². The lowest BCUT2D eigenvalue weighted by Crippen LogP contribution is -2.46. The van der Waals surface area contributed by atoms with E-state index in [1.165, 1.54) is 57.8 Å². The Bertz CT molecular complexity index is 600. The second-order valence-electron chi connectivity index (χ2n) is 11.5. The average Bonchev–Trinajstić information content (AvgIpc) is 2.81. The van der Waals surface area contributed by atoms with Gasteiger partial charge in [-0.3, -0.25) is 13.8 Å². The number of aliphatic hydroxyl groups excluding tert-OH is 1. The molecular weight excluding hydrogens is 491 g/mol. The van der Waals surface area contributed by atoms with Crippen LogP contribution in [-0.2, 0) is 18.4 Å². The number of rotatable bonds is 26. The van der Waals surface area contributed by atoms with Crippen LogP contribution in [0.15, 0.2) is 0 Å². The fourth-order valence-electron chi connectivity index (χ4n) is 4.10. The molecule has 0 aliphatic heterocycles. The van der Waals surface area contributed by atoms with Crippen LogP contribution in [0.5, 0.6) is 0 Å². The number of phosphoric acid groups is 1. The Morgan fingerprint density at radius 1 is 0.811 bits per heavy atom. The summed E-state index contributed by atoms with van der Waals surface area (Å²) in [7, 11) is 1.61.